The van der Waals surface area contributed by atoms with Crippen LogP contribution >= 0.6 is 0 Å². The molecule has 3 rings (SSSR count). The molecule has 0 saturated carbocycles. The number of rotatable bonds is 5. The van der Waals surface area contributed by atoms with Crippen LogP contribution in [0.2, 0.25) is 0 Å². The Morgan fingerprint density at radius 2 is 1.75 bits per heavy atom. The highest BCUT2D eigenvalue weighted by atomic mass is 16.4. The van der Waals surface area contributed by atoms with Crippen molar-refractivity contribution in [2.75, 3.05) is 0 Å². The van der Waals surface area contributed by atoms with Gasteiger partial charge in [-0.2, -0.15) is 0 Å². The van der Waals surface area contributed by atoms with Crippen LogP contribution in [0.1, 0.15) is 15.9 Å². The van der Waals surface area contributed by atoms with E-state index in [9.17, 15) is 9.59 Å². The van der Waals surface area contributed by atoms with Crippen LogP contribution in [0.15, 0.2) is 54.7 Å². The number of hydrogen-bond donors (Lipinski definition) is 3. The van der Waals surface area contributed by atoms with Gasteiger partial charge in [-0.25, -0.2) is 0 Å². The van der Waals surface area contributed by atoms with E-state index in [1.807, 2.05) is 41.1 Å². The van der Waals surface area contributed by atoms with Crippen molar-refractivity contribution in [3.05, 3.63) is 65.9 Å². The van der Waals surface area contributed by atoms with Crippen LogP contribution in [0.25, 0.3) is 16.6 Å². The van der Waals surface area contributed by atoms with Gasteiger partial charge in [0.2, 0.25) is 0 Å². The molecule has 1 amide bonds. The molecular weight excluding hydrogens is 306 g/mol. The zero-order valence-electron chi connectivity index (χ0n) is 12.8. The lowest BCUT2D eigenvalue weighted by atomic mass is 10.1. The number of fused-ring (bicyclic) bond motifs is 1. The number of carbonyl (C=O) groups excluding carboxylic acids is 1. The van der Waals surface area contributed by atoms with Crippen LogP contribution in [-0.4, -0.2) is 27.6 Å². The number of benzene rings is 2. The fourth-order valence-corrected chi connectivity index (χ4v) is 2.83. The number of para-hydroxylation sites is 2. The van der Waals surface area contributed by atoms with Crippen molar-refractivity contribution < 1.29 is 14.7 Å². The Hall–Kier alpha value is -3.12. The zero-order valence-corrected chi connectivity index (χ0v) is 12.8. The van der Waals surface area contributed by atoms with Gasteiger partial charge in [-0.3, -0.25) is 9.59 Å². The van der Waals surface area contributed by atoms with Crippen LogP contribution in [0, 0.1) is 0 Å². The summed E-state index contributed by atoms with van der Waals surface area (Å²) < 4.78 is 1.85. The van der Waals surface area contributed by atoms with Gasteiger partial charge >= 0.3 is 5.97 Å². The largest absolute Gasteiger partial charge is 0.480 e. The highest BCUT2D eigenvalue weighted by Crippen LogP contribution is 2.27. The lowest BCUT2D eigenvalue weighted by molar-refractivity contribution is -0.138. The predicted molar refractivity (Wildman–Crippen MR) is 91.1 cm³/mol. The molecule has 0 spiro atoms. The highest BCUT2D eigenvalue weighted by molar-refractivity contribution is 5.98. The Morgan fingerprint density at radius 3 is 2.46 bits per heavy atom. The Labute approximate surface area is 138 Å². The minimum absolute atomic E-state index is 0.196. The molecule has 2 aromatic carbocycles. The van der Waals surface area contributed by atoms with Crippen LogP contribution in [-0.2, 0) is 11.2 Å². The third kappa shape index (κ3) is 2.75. The maximum absolute atomic E-state index is 11.7. The number of aliphatic carboxylic acids is 1. The van der Waals surface area contributed by atoms with Gasteiger partial charge in [-0.1, -0.05) is 30.3 Å². The van der Waals surface area contributed by atoms with Gasteiger partial charge in [0, 0.05) is 18.0 Å². The minimum atomic E-state index is -1.05. The number of carbonyl (C=O) groups is 2. The first-order chi connectivity index (χ1) is 11.5. The molecule has 0 saturated heterocycles. The smallest absolute Gasteiger partial charge is 0.320 e. The summed E-state index contributed by atoms with van der Waals surface area (Å²) in [6.07, 6.45) is 2.01. The van der Waals surface area contributed by atoms with Crippen molar-refractivity contribution >= 4 is 22.8 Å². The Balaban J connectivity index is 2.20. The van der Waals surface area contributed by atoms with Crippen LogP contribution in [0.3, 0.4) is 0 Å². The van der Waals surface area contributed by atoms with Gasteiger partial charge in [-0.05, 0) is 23.8 Å². The molecule has 0 fully saturated rings. The average Bonchev–Trinajstić information content (AvgIpc) is 2.93. The van der Waals surface area contributed by atoms with Crippen LogP contribution < -0.4 is 11.5 Å². The first kappa shape index (κ1) is 15.8. The van der Waals surface area contributed by atoms with Crippen molar-refractivity contribution in [3.8, 4) is 5.69 Å². The third-order valence-corrected chi connectivity index (χ3v) is 3.98. The van der Waals surface area contributed by atoms with Crippen molar-refractivity contribution in [1.29, 1.82) is 0 Å². The molecule has 0 bridgehead atoms. The molecule has 0 aliphatic heterocycles. The first-order valence-electron chi connectivity index (χ1n) is 7.45. The molecule has 0 radical (unpaired) electrons. The number of carboxylic acids is 1. The molecule has 24 heavy (non-hydrogen) atoms. The van der Waals surface area contributed by atoms with E-state index in [2.05, 4.69) is 0 Å². The second-order valence-corrected chi connectivity index (χ2v) is 5.57. The fourth-order valence-electron chi connectivity index (χ4n) is 2.83. The summed E-state index contributed by atoms with van der Waals surface area (Å²) in [5.41, 5.74) is 13.9. The molecule has 122 valence electrons. The number of carboxylic acid groups (broad SMARTS) is 1. The maximum atomic E-state index is 11.7. The van der Waals surface area contributed by atoms with E-state index >= 15 is 0 Å². The molecule has 5 N–H and O–H groups in total. The highest BCUT2D eigenvalue weighted by Gasteiger charge is 2.18. The van der Waals surface area contributed by atoms with Crippen molar-refractivity contribution in [1.82, 2.24) is 4.57 Å². The second kappa shape index (κ2) is 6.17. The minimum Gasteiger partial charge on any atom is -0.480 e. The van der Waals surface area contributed by atoms with E-state index in [4.69, 9.17) is 16.6 Å². The third-order valence-electron chi connectivity index (χ3n) is 3.98. The van der Waals surface area contributed by atoms with Gasteiger partial charge in [0.1, 0.15) is 6.04 Å². The van der Waals surface area contributed by atoms with Gasteiger partial charge < -0.3 is 21.1 Å². The standard InChI is InChI=1S/C18H17N3O3/c19-14(18(23)24)9-11-10-21(15-7-3-1-5-12(11)15)16-8-4-2-6-13(16)17(20)22/h1-8,10,14H,9,19H2,(H2,20,22)(H,23,24)/t14-/m0/s1. The van der Waals surface area contributed by atoms with E-state index in [1.54, 1.807) is 18.2 Å². The fraction of sp³-hybridized carbons (Fsp3) is 0.111. The maximum Gasteiger partial charge on any atom is 0.320 e. The molecular formula is C18H17N3O3. The molecule has 1 aromatic heterocycles. The van der Waals surface area contributed by atoms with E-state index in [0.29, 0.717) is 11.3 Å². The number of amides is 1. The SMILES string of the molecule is NC(=O)c1ccccc1-n1cc(C[C@H](N)C(=O)O)c2ccccc21. The lowest BCUT2D eigenvalue weighted by Crippen LogP contribution is -2.32. The Kier molecular flexibility index (Phi) is 4.05. The molecule has 1 heterocycles. The van der Waals surface area contributed by atoms with Crippen molar-refractivity contribution in [2.24, 2.45) is 11.5 Å². The zero-order chi connectivity index (χ0) is 17.3. The van der Waals surface area contributed by atoms with Crippen molar-refractivity contribution in [2.45, 2.75) is 12.5 Å². The molecule has 0 aliphatic carbocycles. The lowest BCUT2D eigenvalue weighted by Gasteiger charge is -2.09. The number of primary amides is 1. The summed E-state index contributed by atoms with van der Waals surface area (Å²) in [4.78, 5) is 22.8. The van der Waals surface area contributed by atoms with E-state index in [-0.39, 0.29) is 6.42 Å². The second-order valence-electron chi connectivity index (χ2n) is 5.57. The molecule has 1 atom stereocenters. The summed E-state index contributed by atoms with van der Waals surface area (Å²) in [5.74, 6) is -1.57. The summed E-state index contributed by atoms with van der Waals surface area (Å²) in [5, 5.41) is 9.96. The summed E-state index contributed by atoms with van der Waals surface area (Å²) in [6, 6.07) is 13.6. The van der Waals surface area contributed by atoms with Gasteiger partial charge in [-0.15, -0.1) is 0 Å². The monoisotopic (exact) mass is 323 g/mol. The average molecular weight is 323 g/mol. The Bertz CT molecular complexity index is 930. The number of hydrogen-bond acceptors (Lipinski definition) is 3. The normalized spacial score (nSPS) is 12.2. The number of nitrogens with two attached hydrogens (primary N) is 2. The van der Waals surface area contributed by atoms with E-state index in [1.165, 1.54) is 0 Å². The van der Waals surface area contributed by atoms with E-state index in [0.717, 1.165) is 16.5 Å². The summed E-state index contributed by atoms with van der Waals surface area (Å²) in [6.45, 7) is 0. The summed E-state index contributed by atoms with van der Waals surface area (Å²) in [7, 11) is 0. The van der Waals surface area contributed by atoms with Crippen LogP contribution in [0.4, 0.5) is 0 Å². The quantitative estimate of drug-likeness (QED) is 0.663. The Morgan fingerprint density at radius 1 is 1.08 bits per heavy atom. The molecule has 3 aromatic rings. The predicted octanol–water partition coefficient (Wildman–Crippen LogP) is 1.68. The summed E-state index contributed by atoms with van der Waals surface area (Å²) >= 11 is 0. The molecule has 6 heteroatoms. The first-order valence-corrected chi connectivity index (χ1v) is 7.45. The van der Waals surface area contributed by atoms with Gasteiger partial charge in [0.05, 0.1) is 16.8 Å². The topological polar surface area (TPSA) is 111 Å². The van der Waals surface area contributed by atoms with Crippen molar-refractivity contribution in [3.63, 3.8) is 0 Å². The van der Waals surface area contributed by atoms with Gasteiger partial charge in [0.25, 0.3) is 5.91 Å². The molecule has 0 aliphatic rings. The number of nitrogens with zero attached hydrogens (tertiary/aromatic N) is 1. The van der Waals surface area contributed by atoms with Crippen LogP contribution in [0.5, 0.6) is 0 Å². The molecule has 6 nitrogen and oxygen atoms in total. The molecule has 0 unspecified atom stereocenters. The van der Waals surface area contributed by atoms with E-state index < -0.39 is 17.9 Å². The number of aromatic nitrogens is 1. The van der Waals surface area contributed by atoms with Gasteiger partial charge in [0.15, 0.2) is 0 Å².